The van der Waals surface area contributed by atoms with Crippen molar-refractivity contribution in [3.63, 3.8) is 0 Å². The minimum Gasteiger partial charge on any atom is -0.493 e. The summed E-state index contributed by atoms with van der Waals surface area (Å²) >= 11 is 0. The fourth-order valence-corrected chi connectivity index (χ4v) is 2.58. The minimum atomic E-state index is 0.795. The van der Waals surface area contributed by atoms with E-state index < -0.39 is 0 Å². The summed E-state index contributed by atoms with van der Waals surface area (Å²) in [5, 5.41) is 3.26. The van der Waals surface area contributed by atoms with Crippen molar-refractivity contribution in [3.05, 3.63) is 29.3 Å². The van der Waals surface area contributed by atoms with Gasteiger partial charge in [0, 0.05) is 6.42 Å². The van der Waals surface area contributed by atoms with Crippen LogP contribution in [0.3, 0.4) is 0 Å². The van der Waals surface area contributed by atoms with E-state index in [1.807, 2.05) is 7.05 Å². The molecule has 2 heteroatoms. The van der Waals surface area contributed by atoms with Gasteiger partial charge in [-0.15, -0.1) is 0 Å². The van der Waals surface area contributed by atoms with Gasteiger partial charge < -0.3 is 10.1 Å². The third kappa shape index (κ3) is 1.63. The average molecular weight is 203 g/mol. The minimum absolute atomic E-state index is 0.795. The van der Waals surface area contributed by atoms with E-state index in [-0.39, 0.29) is 0 Å². The molecule has 0 saturated heterocycles. The largest absolute Gasteiger partial charge is 0.493 e. The predicted octanol–water partition coefficient (Wildman–Crippen LogP) is 1.94. The molecule has 1 saturated carbocycles. The van der Waals surface area contributed by atoms with Crippen molar-refractivity contribution in [2.75, 3.05) is 20.2 Å². The Balaban J connectivity index is 1.77. The smallest absolute Gasteiger partial charge is 0.122 e. The molecule has 1 N–H and O–H groups in total. The molecule has 3 rings (SSSR count). The van der Waals surface area contributed by atoms with Crippen LogP contribution in [0.25, 0.3) is 0 Å². The lowest BCUT2D eigenvalue weighted by Gasteiger charge is -2.03. The Labute approximate surface area is 90.6 Å². The lowest BCUT2D eigenvalue weighted by atomic mass is 10.0. The van der Waals surface area contributed by atoms with Crippen LogP contribution in [-0.4, -0.2) is 20.2 Å². The molecule has 0 bridgehead atoms. The number of nitrogens with one attached hydrogen (secondary N) is 1. The van der Waals surface area contributed by atoms with Crippen molar-refractivity contribution in [1.29, 1.82) is 0 Å². The third-order valence-corrected chi connectivity index (χ3v) is 3.53. The lowest BCUT2D eigenvalue weighted by molar-refractivity contribution is 0.357. The monoisotopic (exact) mass is 203 g/mol. The van der Waals surface area contributed by atoms with Crippen LogP contribution < -0.4 is 10.1 Å². The Bertz CT molecular complexity index is 375. The summed E-state index contributed by atoms with van der Waals surface area (Å²) in [6.07, 6.45) is 2.44. The molecule has 2 nitrogen and oxygen atoms in total. The zero-order chi connectivity index (χ0) is 10.3. The van der Waals surface area contributed by atoms with Crippen LogP contribution in [0.4, 0.5) is 0 Å². The fourth-order valence-electron chi connectivity index (χ4n) is 2.58. The SMILES string of the molecule is CNC[C@H]1C[C@@H]1c1ccc2c(c1)CCO2. The summed E-state index contributed by atoms with van der Waals surface area (Å²) in [6.45, 7) is 2.02. The second kappa shape index (κ2) is 3.53. The number of rotatable bonds is 3. The molecule has 1 fully saturated rings. The summed E-state index contributed by atoms with van der Waals surface area (Å²) in [5.74, 6) is 2.75. The molecule has 1 aliphatic heterocycles. The van der Waals surface area contributed by atoms with Crippen molar-refractivity contribution in [2.24, 2.45) is 5.92 Å². The quantitative estimate of drug-likeness (QED) is 0.810. The Morgan fingerprint density at radius 1 is 1.47 bits per heavy atom. The molecule has 0 radical (unpaired) electrons. The first kappa shape index (κ1) is 9.22. The van der Waals surface area contributed by atoms with Crippen LogP contribution in [0.2, 0.25) is 0 Å². The standard InChI is InChI=1S/C13H17NO/c1-14-8-11-7-12(11)9-2-3-13-10(6-9)4-5-15-13/h2-3,6,11-12,14H,4-5,7-8H2,1H3/t11-,12-/m1/s1. The van der Waals surface area contributed by atoms with Crippen molar-refractivity contribution < 1.29 is 4.74 Å². The molecule has 2 aliphatic rings. The van der Waals surface area contributed by atoms with Crippen LogP contribution >= 0.6 is 0 Å². The second-order valence-corrected chi connectivity index (χ2v) is 4.63. The predicted molar refractivity (Wildman–Crippen MR) is 60.4 cm³/mol. The summed E-state index contributed by atoms with van der Waals surface area (Å²) in [6, 6.07) is 6.74. The van der Waals surface area contributed by atoms with E-state index in [1.165, 1.54) is 17.5 Å². The van der Waals surface area contributed by atoms with Gasteiger partial charge >= 0.3 is 0 Å². The lowest BCUT2D eigenvalue weighted by Crippen LogP contribution is -2.10. The molecular formula is C13H17NO. The van der Waals surface area contributed by atoms with Gasteiger partial charge in [-0.3, -0.25) is 0 Å². The van der Waals surface area contributed by atoms with Gasteiger partial charge in [-0.1, -0.05) is 12.1 Å². The summed E-state index contributed by atoms with van der Waals surface area (Å²) in [7, 11) is 2.03. The van der Waals surface area contributed by atoms with Crippen molar-refractivity contribution in [2.45, 2.75) is 18.8 Å². The molecule has 1 aromatic carbocycles. The molecule has 15 heavy (non-hydrogen) atoms. The van der Waals surface area contributed by atoms with E-state index in [4.69, 9.17) is 4.74 Å². The first-order valence-electron chi connectivity index (χ1n) is 5.78. The van der Waals surface area contributed by atoms with Crippen LogP contribution in [-0.2, 0) is 6.42 Å². The summed E-state index contributed by atoms with van der Waals surface area (Å²) in [5.41, 5.74) is 2.92. The maximum atomic E-state index is 5.52. The molecule has 1 aromatic rings. The van der Waals surface area contributed by atoms with Gasteiger partial charge in [-0.25, -0.2) is 0 Å². The molecule has 0 unspecified atom stereocenters. The Kier molecular flexibility index (Phi) is 2.17. The Morgan fingerprint density at radius 3 is 3.27 bits per heavy atom. The van der Waals surface area contributed by atoms with Crippen LogP contribution in [0.1, 0.15) is 23.5 Å². The molecule has 0 amide bonds. The van der Waals surface area contributed by atoms with E-state index in [1.54, 1.807) is 0 Å². The second-order valence-electron chi connectivity index (χ2n) is 4.63. The number of hydrogen-bond acceptors (Lipinski definition) is 2. The van der Waals surface area contributed by atoms with Crippen LogP contribution in [0.15, 0.2) is 18.2 Å². The van der Waals surface area contributed by atoms with Gasteiger partial charge in [-0.05, 0) is 49.0 Å². The first-order valence-corrected chi connectivity index (χ1v) is 5.78. The fraction of sp³-hybridized carbons (Fsp3) is 0.538. The van der Waals surface area contributed by atoms with Crippen molar-refractivity contribution >= 4 is 0 Å². The molecule has 0 aromatic heterocycles. The summed E-state index contributed by atoms with van der Waals surface area (Å²) in [4.78, 5) is 0. The average Bonchev–Trinajstić information content (AvgIpc) is 2.87. The zero-order valence-electron chi connectivity index (χ0n) is 9.12. The maximum Gasteiger partial charge on any atom is 0.122 e. The number of fused-ring (bicyclic) bond motifs is 1. The Hall–Kier alpha value is -1.02. The summed E-state index contributed by atoms with van der Waals surface area (Å²) < 4.78 is 5.52. The highest BCUT2D eigenvalue weighted by Gasteiger charge is 2.37. The van der Waals surface area contributed by atoms with Gasteiger partial charge in [-0.2, -0.15) is 0 Å². The van der Waals surface area contributed by atoms with Gasteiger partial charge in [0.2, 0.25) is 0 Å². The van der Waals surface area contributed by atoms with E-state index in [2.05, 4.69) is 23.5 Å². The van der Waals surface area contributed by atoms with Gasteiger partial charge in [0.1, 0.15) is 5.75 Å². The number of hydrogen-bond donors (Lipinski definition) is 1. The first-order chi connectivity index (χ1) is 7.38. The molecule has 2 atom stereocenters. The van der Waals surface area contributed by atoms with Gasteiger partial charge in [0.25, 0.3) is 0 Å². The number of benzene rings is 1. The zero-order valence-corrected chi connectivity index (χ0v) is 9.12. The molecule has 80 valence electrons. The highest BCUT2D eigenvalue weighted by molar-refractivity contribution is 5.42. The molecular weight excluding hydrogens is 186 g/mol. The van der Waals surface area contributed by atoms with Crippen LogP contribution in [0.5, 0.6) is 5.75 Å². The molecule has 0 spiro atoms. The topological polar surface area (TPSA) is 21.3 Å². The normalized spacial score (nSPS) is 27.3. The van der Waals surface area contributed by atoms with Crippen LogP contribution in [0, 0.1) is 5.92 Å². The van der Waals surface area contributed by atoms with Crippen molar-refractivity contribution in [3.8, 4) is 5.75 Å². The van der Waals surface area contributed by atoms with E-state index in [9.17, 15) is 0 Å². The molecule has 1 aliphatic carbocycles. The maximum absolute atomic E-state index is 5.52. The third-order valence-electron chi connectivity index (χ3n) is 3.53. The van der Waals surface area contributed by atoms with Crippen molar-refractivity contribution in [1.82, 2.24) is 5.32 Å². The van der Waals surface area contributed by atoms with Gasteiger partial charge in [0.15, 0.2) is 0 Å². The highest BCUT2D eigenvalue weighted by atomic mass is 16.5. The molecule has 1 heterocycles. The number of ether oxygens (including phenoxy) is 1. The Morgan fingerprint density at radius 2 is 2.40 bits per heavy atom. The van der Waals surface area contributed by atoms with E-state index >= 15 is 0 Å². The van der Waals surface area contributed by atoms with Gasteiger partial charge in [0.05, 0.1) is 6.61 Å². The highest BCUT2D eigenvalue weighted by Crippen LogP contribution is 2.47. The van der Waals surface area contributed by atoms with E-state index in [0.29, 0.717) is 0 Å². The van der Waals surface area contributed by atoms with E-state index in [0.717, 1.165) is 37.2 Å².